The molecule has 0 aliphatic heterocycles. The van der Waals surface area contributed by atoms with Gasteiger partial charge in [-0.2, -0.15) is 0 Å². The molecule has 1 saturated carbocycles. The summed E-state index contributed by atoms with van der Waals surface area (Å²) >= 11 is 0. The Labute approximate surface area is 99.0 Å². The summed E-state index contributed by atoms with van der Waals surface area (Å²) in [5.41, 5.74) is 8.14. The summed E-state index contributed by atoms with van der Waals surface area (Å²) in [6.07, 6.45) is 7.56. The van der Waals surface area contributed by atoms with Crippen LogP contribution in [0.1, 0.15) is 51.0 Å². The molecule has 1 aliphatic carbocycles. The summed E-state index contributed by atoms with van der Waals surface area (Å²) in [4.78, 5) is 0. The zero-order valence-corrected chi connectivity index (χ0v) is 10.3. The second kappa shape index (κ2) is 5.01. The lowest BCUT2D eigenvalue weighted by atomic mass is 9.61. The van der Waals surface area contributed by atoms with Crippen molar-refractivity contribution in [2.24, 2.45) is 5.73 Å². The van der Waals surface area contributed by atoms with Gasteiger partial charge < -0.3 is 5.73 Å². The highest BCUT2D eigenvalue weighted by Crippen LogP contribution is 2.47. The molecule has 2 N–H and O–H groups in total. The minimum atomic E-state index is 0.380. The fourth-order valence-corrected chi connectivity index (χ4v) is 2.98. The minimum Gasteiger partial charge on any atom is -0.328 e. The smallest absolute Gasteiger partial charge is 0.00472 e. The highest BCUT2D eigenvalue weighted by Gasteiger charge is 2.39. The summed E-state index contributed by atoms with van der Waals surface area (Å²) in [5.74, 6) is 0. The Kier molecular flexibility index (Phi) is 3.65. The Morgan fingerprint density at radius 3 is 2.44 bits per heavy atom. The monoisotopic (exact) mass is 217 g/mol. The van der Waals surface area contributed by atoms with Gasteiger partial charge in [0.1, 0.15) is 0 Å². The lowest BCUT2D eigenvalue weighted by molar-refractivity contribution is 0.207. The predicted octanol–water partition coefficient (Wildman–Crippen LogP) is 3.63. The first-order valence-electron chi connectivity index (χ1n) is 6.58. The quantitative estimate of drug-likeness (QED) is 0.801. The predicted molar refractivity (Wildman–Crippen MR) is 69.5 cm³/mol. The van der Waals surface area contributed by atoms with E-state index in [0.29, 0.717) is 11.5 Å². The van der Waals surface area contributed by atoms with Crippen LogP contribution in [0.25, 0.3) is 0 Å². The maximum Gasteiger partial charge on any atom is 0.00472 e. The lowest BCUT2D eigenvalue weighted by Crippen LogP contribution is -2.40. The van der Waals surface area contributed by atoms with E-state index in [1.807, 2.05) is 0 Å². The maximum absolute atomic E-state index is 6.22. The van der Waals surface area contributed by atoms with Gasteiger partial charge in [-0.1, -0.05) is 50.1 Å². The highest BCUT2D eigenvalue weighted by atomic mass is 14.6. The molecular formula is C15H23N. The van der Waals surface area contributed by atoms with E-state index in [2.05, 4.69) is 37.3 Å². The average molecular weight is 217 g/mol. The van der Waals surface area contributed by atoms with Crippen molar-refractivity contribution in [2.45, 2.75) is 56.9 Å². The van der Waals surface area contributed by atoms with Crippen molar-refractivity contribution < 1.29 is 0 Å². The Balaban J connectivity index is 2.08. The summed E-state index contributed by atoms with van der Waals surface area (Å²) < 4.78 is 0. The molecule has 1 nitrogen and oxygen atoms in total. The molecule has 0 spiro atoms. The van der Waals surface area contributed by atoms with Crippen molar-refractivity contribution in [3.8, 4) is 0 Å². The molecule has 1 aromatic rings. The molecule has 1 aliphatic rings. The van der Waals surface area contributed by atoms with Gasteiger partial charge in [0.15, 0.2) is 0 Å². The van der Waals surface area contributed by atoms with Crippen LogP contribution in [0.5, 0.6) is 0 Å². The fourth-order valence-electron chi connectivity index (χ4n) is 2.98. The van der Waals surface area contributed by atoms with E-state index in [4.69, 9.17) is 5.73 Å². The molecular weight excluding hydrogens is 194 g/mol. The van der Waals surface area contributed by atoms with Gasteiger partial charge >= 0.3 is 0 Å². The SMILES string of the molecule is CCCC(N)CC1(c2ccccc2)CCC1. The summed E-state index contributed by atoms with van der Waals surface area (Å²) in [7, 11) is 0. The Morgan fingerprint density at radius 2 is 1.94 bits per heavy atom. The number of nitrogens with two attached hydrogens (primary N) is 1. The van der Waals surface area contributed by atoms with E-state index in [9.17, 15) is 0 Å². The second-order valence-electron chi connectivity index (χ2n) is 5.25. The van der Waals surface area contributed by atoms with Crippen molar-refractivity contribution in [1.29, 1.82) is 0 Å². The van der Waals surface area contributed by atoms with Crippen molar-refractivity contribution in [2.75, 3.05) is 0 Å². The van der Waals surface area contributed by atoms with Crippen LogP contribution in [-0.4, -0.2) is 6.04 Å². The van der Waals surface area contributed by atoms with Crippen LogP contribution in [0.15, 0.2) is 30.3 Å². The number of hydrogen-bond acceptors (Lipinski definition) is 1. The lowest BCUT2D eigenvalue weighted by Gasteiger charge is -2.44. The molecule has 0 radical (unpaired) electrons. The van der Waals surface area contributed by atoms with E-state index in [1.165, 1.54) is 37.7 Å². The second-order valence-corrected chi connectivity index (χ2v) is 5.25. The van der Waals surface area contributed by atoms with Gasteiger partial charge in [0, 0.05) is 6.04 Å². The van der Waals surface area contributed by atoms with E-state index in [-0.39, 0.29) is 0 Å². The van der Waals surface area contributed by atoms with Gasteiger partial charge in [-0.3, -0.25) is 0 Å². The summed E-state index contributed by atoms with van der Waals surface area (Å²) in [6.45, 7) is 2.22. The molecule has 1 heteroatoms. The van der Waals surface area contributed by atoms with Crippen LogP contribution in [0.2, 0.25) is 0 Å². The van der Waals surface area contributed by atoms with Gasteiger partial charge in [0.25, 0.3) is 0 Å². The molecule has 1 fully saturated rings. The zero-order valence-electron chi connectivity index (χ0n) is 10.3. The summed E-state index contributed by atoms with van der Waals surface area (Å²) in [5, 5.41) is 0. The third kappa shape index (κ3) is 2.30. The molecule has 0 saturated heterocycles. The third-order valence-electron chi connectivity index (χ3n) is 4.01. The first-order chi connectivity index (χ1) is 7.77. The molecule has 0 aromatic heterocycles. The van der Waals surface area contributed by atoms with E-state index in [1.54, 1.807) is 0 Å². The molecule has 0 bridgehead atoms. The number of rotatable bonds is 5. The molecule has 16 heavy (non-hydrogen) atoms. The maximum atomic E-state index is 6.22. The zero-order chi connectivity index (χ0) is 11.4. The molecule has 1 atom stereocenters. The standard InChI is InChI=1S/C15H23N/c1-2-7-14(16)12-15(10-6-11-15)13-8-4-3-5-9-13/h3-5,8-9,14H,2,6-7,10-12,16H2,1H3. The van der Waals surface area contributed by atoms with Gasteiger partial charge in [-0.15, -0.1) is 0 Å². The van der Waals surface area contributed by atoms with Crippen LogP contribution in [0.4, 0.5) is 0 Å². The molecule has 88 valence electrons. The highest BCUT2D eigenvalue weighted by molar-refractivity contribution is 5.28. The topological polar surface area (TPSA) is 26.0 Å². The average Bonchev–Trinajstić information content (AvgIpc) is 2.25. The van der Waals surface area contributed by atoms with E-state index >= 15 is 0 Å². The van der Waals surface area contributed by atoms with Crippen LogP contribution < -0.4 is 5.73 Å². The normalized spacial score (nSPS) is 20.1. The van der Waals surface area contributed by atoms with Crippen molar-refractivity contribution in [1.82, 2.24) is 0 Å². The van der Waals surface area contributed by atoms with Crippen LogP contribution >= 0.6 is 0 Å². The number of hydrogen-bond donors (Lipinski definition) is 1. The van der Waals surface area contributed by atoms with E-state index < -0.39 is 0 Å². The Morgan fingerprint density at radius 1 is 1.25 bits per heavy atom. The van der Waals surface area contributed by atoms with Crippen molar-refractivity contribution in [3.63, 3.8) is 0 Å². The van der Waals surface area contributed by atoms with Crippen molar-refractivity contribution >= 4 is 0 Å². The molecule has 1 unspecified atom stereocenters. The first-order valence-corrected chi connectivity index (χ1v) is 6.58. The van der Waals surface area contributed by atoms with Crippen LogP contribution in [0, 0.1) is 0 Å². The van der Waals surface area contributed by atoms with E-state index in [0.717, 1.165) is 6.42 Å². The van der Waals surface area contributed by atoms with Crippen LogP contribution in [0.3, 0.4) is 0 Å². The Hall–Kier alpha value is -0.820. The fraction of sp³-hybridized carbons (Fsp3) is 0.600. The molecule has 0 amide bonds. The molecule has 2 rings (SSSR count). The summed E-state index contributed by atoms with van der Waals surface area (Å²) in [6, 6.07) is 11.3. The van der Waals surface area contributed by atoms with Gasteiger partial charge in [-0.05, 0) is 36.7 Å². The number of benzene rings is 1. The van der Waals surface area contributed by atoms with Gasteiger partial charge in [0.05, 0.1) is 0 Å². The van der Waals surface area contributed by atoms with Gasteiger partial charge in [0.2, 0.25) is 0 Å². The molecule has 0 heterocycles. The Bertz CT molecular complexity index is 313. The first kappa shape index (κ1) is 11.7. The van der Waals surface area contributed by atoms with Crippen molar-refractivity contribution in [3.05, 3.63) is 35.9 Å². The third-order valence-corrected chi connectivity index (χ3v) is 4.01. The minimum absolute atomic E-state index is 0.380. The molecule has 1 aromatic carbocycles. The van der Waals surface area contributed by atoms with Gasteiger partial charge in [-0.25, -0.2) is 0 Å². The largest absolute Gasteiger partial charge is 0.328 e. The van der Waals surface area contributed by atoms with Crippen LogP contribution in [-0.2, 0) is 5.41 Å².